The molecule has 0 radical (unpaired) electrons. The van der Waals surface area contributed by atoms with E-state index in [0.29, 0.717) is 29.9 Å². The maximum atomic E-state index is 12.8. The van der Waals surface area contributed by atoms with Gasteiger partial charge < -0.3 is 5.32 Å². The minimum absolute atomic E-state index is 0.462. The molecule has 2 heterocycles. The van der Waals surface area contributed by atoms with E-state index in [2.05, 4.69) is 12.2 Å². The van der Waals surface area contributed by atoms with Crippen molar-refractivity contribution in [1.29, 1.82) is 0 Å². The first-order valence-electron chi connectivity index (χ1n) is 7.79. The number of aryl methyl sites for hydroxylation is 1. The molecule has 1 N–H and O–H groups in total. The fourth-order valence-corrected chi connectivity index (χ4v) is 6.06. The largest absolute Gasteiger partial charge is 0.309 e. The summed E-state index contributed by atoms with van der Waals surface area (Å²) in [6, 6.07) is 2.53. The molecule has 1 aliphatic heterocycles. The van der Waals surface area contributed by atoms with Gasteiger partial charge in [0.1, 0.15) is 0 Å². The second-order valence-electron chi connectivity index (χ2n) is 6.40. The van der Waals surface area contributed by atoms with Crippen LogP contribution in [-0.4, -0.2) is 31.9 Å². The average molecular weight is 329 g/mol. The van der Waals surface area contributed by atoms with Crippen molar-refractivity contribution >= 4 is 21.4 Å². The second-order valence-corrected chi connectivity index (χ2v) is 9.65. The Labute approximate surface area is 131 Å². The predicted octanol–water partition coefficient (Wildman–Crippen LogP) is 2.73. The fourth-order valence-electron chi connectivity index (χ4n) is 2.90. The Morgan fingerprint density at radius 3 is 2.81 bits per heavy atom. The molecule has 1 saturated carbocycles. The zero-order valence-corrected chi connectivity index (χ0v) is 14.4. The molecule has 3 rings (SSSR count). The SMILES string of the molecule is Cc1sc(CNC2CC2)cc1S(=O)(=O)N1CCCC(C)C1. The van der Waals surface area contributed by atoms with E-state index in [1.807, 2.05) is 13.0 Å². The van der Waals surface area contributed by atoms with Crippen LogP contribution in [-0.2, 0) is 16.6 Å². The van der Waals surface area contributed by atoms with E-state index in [-0.39, 0.29) is 0 Å². The summed E-state index contributed by atoms with van der Waals surface area (Å²) >= 11 is 1.61. The highest BCUT2D eigenvalue weighted by atomic mass is 32.2. The van der Waals surface area contributed by atoms with E-state index in [1.165, 1.54) is 12.8 Å². The molecule has 2 fully saturated rings. The third-order valence-corrected chi connectivity index (χ3v) is 7.47. The van der Waals surface area contributed by atoms with Gasteiger partial charge in [-0.15, -0.1) is 11.3 Å². The van der Waals surface area contributed by atoms with Crippen molar-refractivity contribution in [2.24, 2.45) is 5.92 Å². The lowest BCUT2D eigenvalue weighted by Crippen LogP contribution is -2.39. The number of hydrogen-bond acceptors (Lipinski definition) is 4. The molecule has 1 aliphatic carbocycles. The highest BCUT2D eigenvalue weighted by Gasteiger charge is 2.31. The third kappa shape index (κ3) is 3.50. The van der Waals surface area contributed by atoms with Gasteiger partial charge in [-0.05, 0) is 44.6 Å². The van der Waals surface area contributed by atoms with Crippen LogP contribution in [0.5, 0.6) is 0 Å². The average Bonchev–Trinajstić information content (AvgIpc) is 3.19. The second kappa shape index (κ2) is 5.99. The van der Waals surface area contributed by atoms with Crippen LogP contribution in [0.3, 0.4) is 0 Å². The molecular formula is C15H24N2O2S2. The van der Waals surface area contributed by atoms with E-state index >= 15 is 0 Å². The first kappa shape index (κ1) is 15.5. The van der Waals surface area contributed by atoms with Crippen molar-refractivity contribution < 1.29 is 8.42 Å². The first-order chi connectivity index (χ1) is 9.96. The number of nitrogens with zero attached hydrogens (tertiary/aromatic N) is 1. The number of piperidine rings is 1. The standard InChI is InChI=1S/C15H24N2O2S2/c1-11-4-3-7-17(10-11)21(18,19)15-8-14(20-12(15)2)9-16-13-5-6-13/h8,11,13,16H,3-7,9-10H2,1-2H3. The zero-order valence-electron chi connectivity index (χ0n) is 12.8. The normalized spacial score (nSPS) is 24.4. The topological polar surface area (TPSA) is 49.4 Å². The van der Waals surface area contributed by atoms with Crippen LogP contribution < -0.4 is 5.32 Å². The number of rotatable bonds is 5. The Balaban J connectivity index is 1.77. The molecule has 21 heavy (non-hydrogen) atoms. The summed E-state index contributed by atoms with van der Waals surface area (Å²) < 4.78 is 27.3. The van der Waals surface area contributed by atoms with E-state index in [0.717, 1.165) is 29.1 Å². The van der Waals surface area contributed by atoms with E-state index in [1.54, 1.807) is 15.6 Å². The first-order valence-corrected chi connectivity index (χ1v) is 10.1. The van der Waals surface area contributed by atoms with Crippen molar-refractivity contribution in [3.63, 3.8) is 0 Å². The van der Waals surface area contributed by atoms with Crippen LogP contribution in [0.15, 0.2) is 11.0 Å². The molecule has 1 aromatic heterocycles. The molecule has 0 amide bonds. The van der Waals surface area contributed by atoms with Gasteiger partial charge in [0.05, 0.1) is 4.90 Å². The summed E-state index contributed by atoms with van der Waals surface area (Å²) in [5.41, 5.74) is 0. The lowest BCUT2D eigenvalue weighted by atomic mass is 10.0. The Morgan fingerprint density at radius 2 is 2.14 bits per heavy atom. The minimum atomic E-state index is -3.31. The molecule has 118 valence electrons. The summed E-state index contributed by atoms with van der Waals surface area (Å²) in [7, 11) is -3.31. The van der Waals surface area contributed by atoms with Crippen LogP contribution in [0.2, 0.25) is 0 Å². The Hall–Kier alpha value is -0.430. The fraction of sp³-hybridized carbons (Fsp3) is 0.733. The highest BCUT2D eigenvalue weighted by Crippen LogP contribution is 2.31. The predicted molar refractivity (Wildman–Crippen MR) is 86.1 cm³/mol. The van der Waals surface area contributed by atoms with Crippen LogP contribution >= 0.6 is 11.3 Å². The molecule has 2 aliphatic rings. The number of sulfonamides is 1. The molecular weight excluding hydrogens is 304 g/mol. The van der Waals surface area contributed by atoms with Gasteiger partial charge in [0, 0.05) is 35.4 Å². The zero-order chi connectivity index (χ0) is 15.0. The number of hydrogen-bond donors (Lipinski definition) is 1. The van der Waals surface area contributed by atoms with Crippen molar-refractivity contribution in [2.75, 3.05) is 13.1 Å². The van der Waals surface area contributed by atoms with Crippen LogP contribution in [0.4, 0.5) is 0 Å². The van der Waals surface area contributed by atoms with Gasteiger partial charge in [-0.25, -0.2) is 8.42 Å². The molecule has 1 unspecified atom stereocenters. The quantitative estimate of drug-likeness (QED) is 0.904. The monoisotopic (exact) mass is 328 g/mol. The summed E-state index contributed by atoms with van der Waals surface area (Å²) in [6.07, 6.45) is 4.60. The number of thiophene rings is 1. The van der Waals surface area contributed by atoms with Crippen LogP contribution in [0, 0.1) is 12.8 Å². The van der Waals surface area contributed by atoms with Crippen molar-refractivity contribution in [3.8, 4) is 0 Å². The van der Waals surface area contributed by atoms with Crippen molar-refractivity contribution in [3.05, 3.63) is 15.8 Å². The van der Waals surface area contributed by atoms with Crippen LogP contribution in [0.25, 0.3) is 0 Å². The summed E-state index contributed by atoms with van der Waals surface area (Å²) in [4.78, 5) is 2.57. The van der Waals surface area contributed by atoms with Gasteiger partial charge >= 0.3 is 0 Å². The summed E-state index contributed by atoms with van der Waals surface area (Å²) in [6.45, 7) is 6.17. The summed E-state index contributed by atoms with van der Waals surface area (Å²) in [5.74, 6) is 0.462. The third-order valence-electron chi connectivity index (χ3n) is 4.30. The molecule has 4 nitrogen and oxygen atoms in total. The summed E-state index contributed by atoms with van der Waals surface area (Å²) in [5, 5.41) is 3.45. The molecule has 0 bridgehead atoms. The minimum Gasteiger partial charge on any atom is -0.309 e. The maximum Gasteiger partial charge on any atom is 0.244 e. The maximum absolute atomic E-state index is 12.8. The molecule has 6 heteroatoms. The van der Waals surface area contributed by atoms with Gasteiger partial charge in [0.25, 0.3) is 0 Å². The lowest BCUT2D eigenvalue weighted by Gasteiger charge is -2.29. The van der Waals surface area contributed by atoms with E-state index < -0.39 is 10.0 Å². The Kier molecular flexibility index (Phi) is 4.41. The van der Waals surface area contributed by atoms with Crippen LogP contribution in [0.1, 0.15) is 42.4 Å². The van der Waals surface area contributed by atoms with Gasteiger partial charge in [0.2, 0.25) is 10.0 Å². The molecule has 1 aromatic rings. The lowest BCUT2D eigenvalue weighted by molar-refractivity contribution is 0.281. The molecule has 0 spiro atoms. The van der Waals surface area contributed by atoms with E-state index in [4.69, 9.17) is 0 Å². The molecule has 1 atom stereocenters. The van der Waals surface area contributed by atoms with Gasteiger partial charge in [-0.2, -0.15) is 4.31 Å². The molecule has 0 aromatic carbocycles. The highest BCUT2D eigenvalue weighted by molar-refractivity contribution is 7.89. The van der Waals surface area contributed by atoms with Gasteiger partial charge in [-0.1, -0.05) is 6.92 Å². The van der Waals surface area contributed by atoms with Gasteiger partial charge in [-0.3, -0.25) is 0 Å². The number of nitrogens with one attached hydrogen (secondary N) is 1. The van der Waals surface area contributed by atoms with Crippen molar-refractivity contribution in [1.82, 2.24) is 9.62 Å². The smallest absolute Gasteiger partial charge is 0.244 e. The van der Waals surface area contributed by atoms with Gasteiger partial charge in [0.15, 0.2) is 0 Å². The Morgan fingerprint density at radius 1 is 1.38 bits per heavy atom. The molecule has 1 saturated heterocycles. The Bertz CT molecular complexity index is 605. The van der Waals surface area contributed by atoms with Crippen molar-refractivity contribution in [2.45, 2.75) is 57.0 Å². The van der Waals surface area contributed by atoms with E-state index in [9.17, 15) is 8.42 Å².